The van der Waals surface area contributed by atoms with Crippen LogP contribution >= 0.6 is 11.6 Å². The number of halogens is 1. The van der Waals surface area contributed by atoms with E-state index in [4.69, 9.17) is 16.3 Å². The number of aryl methyl sites for hydroxylation is 3. The molecule has 1 atom stereocenters. The Labute approximate surface area is 136 Å². The summed E-state index contributed by atoms with van der Waals surface area (Å²) in [5.41, 5.74) is 3.76. The number of ether oxygens (including phenoxy) is 1. The SMILES string of the molecule is Cc1ccc(C)c(O[C@H](C)C(=O)Nc2cc(Cl)ccc2C)c1. The van der Waals surface area contributed by atoms with Crippen LogP contribution in [-0.4, -0.2) is 12.0 Å². The number of carbonyl (C=O) groups is 1. The van der Waals surface area contributed by atoms with Gasteiger partial charge in [-0.25, -0.2) is 0 Å². The maximum atomic E-state index is 12.3. The maximum Gasteiger partial charge on any atom is 0.265 e. The summed E-state index contributed by atoms with van der Waals surface area (Å²) >= 11 is 5.97. The molecular weight excluding hydrogens is 298 g/mol. The van der Waals surface area contributed by atoms with Crippen LogP contribution in [0.15, 0.2) is 36.4 Å². The van der Waals surface area contributed by atoms with Crippen LogP contribution in [0.4, 0.5) is 5.69 Å². The topological polar surface area (TPSA) is 38.3 Å². The second kappa shape index (κ2) is 6.84. The molecule has 0 spiro atoms. The lowest BCUT2D eigenvalue weighted by Crippen LogP contribution is -2.30. The molecule has 4 heteroatoms. The Morgan fingerprint density at radius 2 is 1.77 bits per heavy atom. The fraction of sp³-hybridized carbons (Fsp3) is 0.278. The van der Waals surface area contributed by atoms with Gasteiger partial charge in [0.2, 0.25) is 0 Å². The van der Waals surface area contributed by atoms with Crippen LogP contribution < -0.4 is 10.1 Å². The molecule has 0 unspecified atom stereocenters. The normalized spacial score (nSPS) is 11.9. The number of anilines is 1. The number of hydrogen-bond acceptors (Lipinski definition) is 2. The lowest BCUT2D eigenvalue weighted by molar-refractivity contribution is -0.122. The molecule has 2 aromatic carbocycles. The van der Waals surface area contributed by atoms with Crippen molar-refractivity contribution in [1.82, 2.24) is 0 Å². The Hall–Kier alpha value is -2.00. The number of nitrogens with one attached hydrogen (secondary N) is 1. The van der Waals surface area contributed by atoms with Gasteiger partial charge in [0.15, 0.2) is 6.10 Å². The molecule has 0 bridgehead atoms. The second-order valence-electron chi connectivity index (χ2n) is 5.48. The largest absolute Gasteiger partial charge is 0.481 e. The zero-order valence-electron chi connectivity index (χ0n) is 13.2. The van der Waals surface area contributed by atoms with E-state index in [9.17, 15) is 4.79 Å². The molecule has 0 aliphatic heterocycles. The van der Waals surface area contributed by atoms with Gasteiger partial charge in [-0.1, -0.05) is 29.8 Å². The van der Waals surface area contributed by atoms with E-state index in [2.05, 4.69) is 5.32 Å². The summed E-state index contributed by atoms with van der Waals surface area (Å²) in [6.45, 7) is 7.60. The minimum Gasteiger partial charge on any atom is -0.481 e. The Morgan fingerprint density at radius 3 is 2.50 bits per heavy atom. The fourth-order valence-electron chi connectivity index (χ4n) is 2.04. The predicted molar refractivity (Wildman–Crippen MR) is 90.8 cm³/mol. The van der Waals surface area contributed by atoms with Crippen molar-refractivity contribution in [3.63, 3.8) is 0 Å². The molecule has 1 N–H and O–H groups in total. The van der Waals surface area contributed by atoms with Crippen LogP contribution in [0.3, 0.4) is 0 Å². The fourth-order valence-corrected chi connectivity index (χ4v) is 2.21. The van der Waals surface area contributed by atoms with E-state index in [0.717, 1.165) is 22.4 Å². The average Bonchev–Trinajstić information content (AvgIpc) is 2.46. The Morgan fingerprint density at radius 1 is 1.09 bits per heavy atom. The number of carbonyl (C=O) groups excluding carboxylic acids is 1. The maximum absolute atomic E-state index is 12.3. The molecule has 0 aromatic heterocycles. The predicted octanol–water partition coefficient (Wildman–Crippen LogP) is 4.67. The van der Waals surface area contributed by atoms with Crippen LogP contribution in [-0.2, 0) is 4.79 Å². The van der Waals surface area contributed by atoms with E-state index in [1.54, 1.807) is 19.1 Å². The van der Waals surface area contributed by atoms with Gasteiger partial charge in [-0.2, -0.15) is 0 Å². The van der Waals surface area contributed by atoms with E-state index in [0.29, 0.717) is 10.7 Å². The van der Waals surface area contributed by atoms with Crippen LogP contribution in [0.2, 0.25) is 5.02 Å². The summed E-state index contributed by atoms with van der Waals surface area (Å²) in [5, 5.41) is 3.44. The summed E-state index contributed by atoms with van der Waals surface area (Å²) in [6.07, 6.45) is -0.598. The van der Waals surface area contributed by atoms with E-state index < -0.39 is 6.10 Å². The summed E-state index contributed by atoms with van der Waals surface area (Å²) in [6, 6.07) is 11.3. The molecule has 3 nitrogen and oxygen atoms in total. The van der Waals surface area contributed by atoms with Crippen molar-refractivity contribution in [2.75, 3.05) is 5.32 Å². The van der Waals surface area contributed by atoms with Crippen LogP contribution in [0, 0.1) is 20.8 Å². The quantitative estimate of drug-likeness (QED) is 0.889. The van der Waals surface area contributed by atoms with Crippen molar-refractivity contribution < 1.29 is 9.53 Å². The first kappa shape index (κ1) is 16.4. The third-order valence-electron chi connectivity index (χ3n) is 3.47. The number of hydrogen-bond donors (Lipinski definition) is 1. The average molecular weight is 318 g/mol. The van der Waals surface area contributed by atoms with Gasteiger partial charge in [0.25, 0.3) is 5.91 Å². The number of benzene rings is 2. The molecule has 2 aromatic rings. The molecule has 0 fully saturated rings. The highest BCUT2D eigenvalue weighted by atomic mass is 35.5. The lowest BCUT2D eigenvalue weighted by atomic mass is 10.1. The van der Waals surface area contributed by atoms with E-state index in [1.807, 2.05) is 45.0 Å². The van der Waals surface area contributed by atoms with Crippen molar-refractivity contribution in [1.29, 1.82) is 0 Å². The Bertz CT molecular complexity index is 697. The zero-order valence-corrected chi connectivity index (χ0v) is 14.0. The minimum absolute atomic E-state index is 0.203. The molecule has 2 rings (SSSR count). The van der Waals surface area contributed by atoms with Gasteiger partial charge in [-0.15, -0.1) is 0 Å². The van der Waals surface area contributed by atoms with Gasteiger partial charge in [-0.05, 0) is 62.6 Å². The molecule has 0 heterocycles. The highest BCUT2D eigenvalue weighted by Crippen LogP contribution is 2.23. The van der Waals surface area contributed by atoms with Crippen molar-refractivity contribution >= 4 is 23.2 Å². The summed E-state index contributed by atoms with van der Waals surface area (Å²) in [4.78, 5) is 12.3. The number of rotatable bonds is 4. The van der Waals surface area contributed by atoms with E-state index in [-0.39, 0.29) is 5.91 Å². The highest BCUT2D eigenvalue weighted by molar-refractivity contribution is 6.31. The van der Waals surface area contributed by atoms with Gasteiger partial charge in [0.05, 0.1) is 0 Å². The number of amides is 1. The molecule has 1 amide bonds. The smallest absolute Gasteiger partial charge is 0.265 e. The summed E-state index contributed by atoms with van der Waals surface area (Å²) < 4.78 is 5.79. The Balaban J connectivity index is 2.09. The highest BCUT2D eigenvalue weighted by Gasteiger charge is 2.17. The first-order chi connectivity index (χ1) is 10.4. The molecule has 0 radical (unpaired) electrons. The summed E-state index contributed by atoms with van der Waals surface area (Å²) in [5.74, 6) is 0.525. The molecule has 0 aliphatic carbocycles. The summed E-state index contributed by atoms with van der Waals surface area (Å²) in [7, 11) is 0. The van der Waals surface area contributed by atoms with Crippen molar-refractivity contribution in [2.24, 2.45) is 0 Å². The van der Waals surface area contributed by atoms with Gasteiger partial charge < -0.3 is 10.1 Å². The third-order valence-corrected chi connectivity index (χ3v) is 3.71. The first-order valence-electron chi connectivity index (χ1n) is 7.18. The van der Waals surface area contributed by atoms with Crippen LogP contribution in [0.25, 0.3) is 0 Å². The lowest BCUT2D eigenvalue weighted by Gasteiger charge is -2.17. The first-order valence-corrected chi connectivity index (χ1v) is 7.55. The van der Waals surface area contributed by atoms with Crippen LogP contribution in [0.1, 0.15) is 23.6 Å². The standard InChI is InChI=1S/C18H20ClNO2/c1-11-5-6-13(3)17(9-11)22-14(4)18(21)20-16-10-15(19)8-7-12(16)2/h5-10,14H,1-4H3,(H,20,21)/t14-/m1/s1. The molecule has 22 heavy (non-hydrogen) atoms. The molecule has 116 valence electrons. The minimum atomic E-state index is -0.598. The van der Waals surface area contributed by atoms with Gasteiger partial charge >= 0.3 is 0 Å². The second-order valence-corrected chi connectivity index (χ2v) is 5.91. The van der Waals surface area contributed by atoms with Crippen molar-refractivity contribution in [3.8, 4) is 5.75 Å². The molecule has 0 aliphatic rings. The van der Waals surface area contributed by atoms with Crippen LogP contribution in [0.5, 0.6) is 5.75 Å². The third kappa shape index (κ3) is 4.01. The van der Waals surface area contributed by atoms with Crippen molar-refractivity contribution in [3.05, 3.63) is 58.1 Å². The van der Waals surface area contributed by atoms with Gasteiger partial charge in [0.1, 0.15) is 5.75 Å². The van der Waals surface area contributed by atoms with Crippen molar-refractivity contribution in [2.45, 2.75) is 33.8 Å². The molecule has 0 saturated carbocycles. The Kier molecular flexibility index (Phi) is 5.09. The molecule has 0 saturated heterocycles. The monoisotopic (exact) mass is 317 g/mol. The van der Waals surface area contributed by atoms with E-state index >= 15 is 0 Å². The van der Waals surface area contributed by atoms with Gasteiger partial charge in [-0.3, -0.25) is 4.79 Å². The van der Waals surface area contributed by atoms with E-state index in [1.165, 1.54) is 0 Å². The molecular formula is C18H20ClNO2. The van der Waals surface area contributed by atoms with Gasteiger partial charge in [0, 0.05) is 10.7 Å². The zero-order chi connectivity index (χ0) is 16.3.